The molecule has 1 aliphatic rings. The number of hydrogen-bond donors (Lipinski definition) is 2. The third kappa shape index (κ3) is 1.83. The standard InChI is InChI=1S/C11H10FN5O/c12-11(1-2-11)10(18)16-8-6-15-17-9(8)7-5-13-3-4-14-7/h3-6H,1-2H2,(H,15,17)(H,16,18). The Bertz CT molecular complexity index is 578. The molecule has 2 N–H and O–H groups in total. The van der Waals surface area contributed by atoms with Crippen LogP contribution in [0.2, 0.25) is 0 Å². The van der Waals surface area contributed by atoms with Crippen LogP contribution in [-0.4, -0.2) is 31.7 Å². The van der Waals surface area contributed by atoms with E-state index in [1.54, 1.807) is 6.20 Å². The number of aromatic nitrogens is 4. The molecular formula is C11H10FN5O. The molecular weight excluding hydrogens is 237 g/mol. The minimum atomic E-state index is -1.71. The number of H-pyrrole nitrogens is 1. The summed E-state index contributed by atoms with van der Waals surface area (Å²) < 4.78 is 13.5. The van der Waals surface area contributed by atoms with Gasteiger partial charge >= 0.3 is 0 Å². The maximum atomic E-state index is 13.5. The molecule has 1 amide bonds. The van der Waals surface area contributed by atoms with Gasteiger partial charge in [0.15, 0.2) is 5.67 Å². The van der Waals surface area contributed by atoms with Gasteiger partial charge in [0, 0.05) is 12.4 Å². The summed E-state index contributed by atoms with van der Waals surface area (Å²) in [6, 6.07) is 0. The molecule has 2 aromatic rings. The van der Waals surface area contributed by atoms with Crippen LogP contribution >= 0.6 is 0 Å². The second-order valence-electron chi connectivity index (χ2n) is 4.17. The SMILES string of the molecule is O=C(Nc1cn[nH]c1-c1cnccn1)C1(F)CC1. The summed E-state index contributed by atoms with van der Waals surface area (Å²) in [6.45, 7) is 0. The molecule has 0 aromatic carbocycles. The summed E-state index contributed by atoms with van der Waals surface area (Å²) >= 11 is 0. The minimum absolute atomic E-state index is 0.275. The van der Waals surface area contributed by atoms with Crippen molar-refractivity contribution in [2.24, 2.45) is 0 Å². The topological polar surface area (TPSA) is 83.6 Å². The lowest BCUT2D eigenvalue weighted by Crippen LogP contribution is -2.25. The van der Waals surface area contributed by atoms with E-state index in [9.17, 15) is 9.18 Å². The summed E-state index contributed by atoms with van der Waals surface area (Å²) in [4.78, 5) is 19.6. The molecule has 0 bridgehead atoms. The average Bonchev–Trinajstić information content (AvgIpc) is 2.99. The molecule has 7 heteroatoms. The van der Waals surface area contributed by atoms with Crippen molar-refractivity contribution >= 4 is 11.6 Å². The zero-order valence-electron chi connectivity index (χ0n) is 9.35. The van der Waals surface area contributed by atoms with Crippen molar-refractivity contribution in [1.82, 2.24) is 20.2 Å². The number of hydrogen-bond acceptors (Lipinski definition) is 4. The summed E-state index contributed by atoms with van der Waals surface area (Å²) in [5.41, 5.74) is -0.254. The van der Waals surface area contributed by atoms with Crippen molar-refractivity contribution in [2.75, 3.05) is 5.32 Å². The highest BCUT2D eigenvalue weighted by Crippen LogP contribution is 2.41. The number of rotatable bonds is 3. The van der Waals surface area contributed by atoms with Gasteiger partial charge < -0.3 is 5.32 Å². The van der Waals surface area contributed by atoms with Crippen LogP contribution in [0.25, 0.3) is 11.4 Å². The third-order valence-electron chi connectivity index (χ3n) is 2.80. The Labute approximate surface area is 102 Å². The van der Waals surface area contributed by atoms with E-state index >= 15 is 0 Å². The summed E-state index contributed by atoms with van der Waals surface area (Å²) in [5.74, 6) is -0.631. The van der Waals surface area contributed by atoms with Crippen molar-refractivity contribution in [3.63, 3.8) is 0 Å². The van der Waals surface area contributed by atoms with E-state index in [-0.39, 0.29) is 12.8 Å². The van der Waals surface area contributed by atoms with E-state index in [0.717, 1.165) is 0 Å². The fraction of sp³-hybridized carbons (Fsp3) is 0.273. The first-order chi connectivity index (χ1) is 8.69. The third-order valence-corrected chi connectivity index (χ3v) is 2.80. The maximum absolute atomic E-state index is 13.5. The Balaban J connectivity index is 1.86. The first-order valence-electron chi connectivity index (χ1n) is 5.49. The van der Waals surface area contributed by atoms with E-state index < -0.39 is 11.6 Å². The van der Waals surface area contributed by atoms with Crippen LogP contribution in [0.4, 0.5) is 10.1 Å². The predicted molar refractivity (Wildman–Crippen MR) is 61.3 cm³/mol. The molecule has 0 saturated heterocycles. The number of nitrogens with one attached hydrogen (secondary N) is 2. The lowest BCUT2D eigenvalue weighted by molar-refractivity contribution is -0.122. The highest BCUT2D eigenvalue weighted by atomic mass is 19.1. The van der Waals surface area contributed by atoms with Gasteiger partial charge in [0.05, 0.1) is 18.1 Å². The lowest BCUT2D eigenvalue weighted by atomic mass is 10.2. The molecule has 1 saturated carbocycles. The maximum Gasteiger partial charge on any atom is 0.262 e. The van der Waals surface area contributed by atoms with E-state index in [4.69, 9.17) is 0 Å². The van der Waals surface area contributed by atoms with Gasteiger partial charge in [-0.2, -0.15) is 5.10 Å². The fourth-order valence-electron chi connectivity index (χ4n) is 1.58. The molecule has 0 atom stereocenters. The smallest absolute Gasteiger partial charge is 0.262 e. The van der Waals surface area contributed by atoms with E-state index in [1.165, 1.54) is 18.6 Å². The number of halogens is 1. The highest BCUT2D eigenvalue weighted by molar-refractivity contribution is 6.01. The summed E-state index contributed by atoms with van der Waals surface area (Å²) in [7, 11) is 0. The zero-order chi connectivity index (χ0) is 12.6. The Morgan fingerprint density at radius 3 is 2.89 bits per heavy atom. The number of anilines is 1. The number of nitrogens with zero attached hydrogens (tertiary/aromatic N) is 3. The van der Waals surface area contributed by atoms with Crippen LogP contribution in [0.1, 0.15) is 12.8 Å². The second kappa shape index (κ2) is 3.86. The molecule has 0 spiro atoms. The number of amides is 1. The van der Waals surface area contributed by atoms with Gasteiger partial charge in [-0.05, 0) is 12.8 Å². The van der Waals surface area contributed by atoms with Crippen LogP contribution in [0, 0.1) is 0 Å². The lowest BCUT2D eigenvalue weighted by Gasteiger charge is -2.07. The number of carbonyl (C=O) groups is 1. The van der Waals surface area contributed by atoms with Gasteiger partial charge in [-0.1, -0.05) is 0 Å². The average molecular weight is 247 g/mol. The normalized spacial score (nSPS) is 16.3. The van der Waals surface area contributed by atoms with E-state index in [0.29, 0.717) is 17.1 Å². The Kier molecular flexibility index (Phi) is 2.32. The number of aromatic amines is 1. The Morgan fingerprint density at radius 1 is 1.39 bits per heavy atom. The van der Waals surface area contributed by atoms with Gasteiger partial charge in [-0.3, -0.25) is 19.9 Å². The Morgan fingerprint density at radius 2 is 2.22 bits per heavy atom. The van der Waals surface area contributed by atoms with Gasteiger partial charge in [0.1, 0.15) is 11.4 Å². The first-order valence-corrected chi connectivity index (χ1v) is 5.49. The molecule has 2 aromatic heterocycles. The van der Waals surface area contributed by atoms with Crippen molar-refractivity contribution in [3.8, 4) is 11.4 Å². The fourth-order valence-corrected chi connectivity index (χ4v) is 1.58. The van der Waals surface area contributed by atoms with Crippen LogP contribution in [-0.2, 0) is 4.79 Å². The predicted octanol–water partition coefficient (Wildman–Crippen LogP) is 1.31. The minimum Gasteiger partial charge on any atom is -0.320 e. The molecule has 1 aliphatic carbocycles. The van der Waals surface area contributed by atoms with Crippen molar-refractivity contribution < 1.29 is 9.18 Å². The van der Waals surface area contributed by atoms with Crippen LogP contribution < -0.4 is 5.32 Å². The molecule has 2 heterocycles. The second-order valence-corrected chi connectivity index (χ2v) is 4.17. The molecule has 0 aliphatic heterocycles. The molecule has 0 unspecified atom stereocenters. The molecule has 1 fully saturated rings. The van der Waals surface area contributed by atoms with E-state index in [1.807, 2.05) is 0 Å². The van der Waals surface area contributed by atoms with Crippen LogP contribution in [0.5, 0.6) is 0 Å². The summed E-state index contributed by atoms with van der Waals surface area (Å²) in [6.07, 6.45) is 6.58. The van der Waals surface area contributed by atoms with Crippen molar-refractivity contribution in [3.05, 3.63) is 24.8 Å². The van der Waals surface area contributed by atoms with E-state index in [2.05, 4.69) is 25.5 Å². The first kappa shape index (κ1) is 10.8. The number of alkyl halides is 1. The van der Waals surface area contributed by atoms with Crippen LogP contribution in [0.15, 0.2) is 24.8 Å². The van der Waals surface area contributed by atoms with Crippen molar-refractivity contribution in [1.29, 1.82) is 0 Å². The summed E-state index contributed by atoms with van der Waals surface area (Å²) in [5, 5.41) is 9.05. The van der Waals surface area contributed by atoms with Gasteiger partial charge in [0.2, 0.25) is 0 Å². The van der Waals surface area contributed by atoms with Crippen LogP contribution in [0.3, 0.4) is 0 Å². The molecule has 6 nitrogen and oxygen atoms in total. The monoisotopic (exact) mass is 247 g/mol. The largest absolute Gasteiger partial charge is 0.320 e. The molecule has 18 heavy (non-hydrogen) atoms. The van der Waals surface area contributed by atoms with Gasteiger partial charge in [-0.15, -0.1) is 0 Å². The molecule has 92 valence electrons. The van der Waals surface area contributed by atoms with Gasteiger partial charge in [-0.25, -0.2) is 4.39 Å². The van der Waals surface area contributed by atoms with Crippen molar-refractivity contribution in [2.45, 2.75) is 18.5 Å². The molecule has 0 radical (unpaired) electrons. The highest BCUT2D eigenvalue weighted by Gasteiger charge is 2.51. The zero-order valence-corrected chi connectivity index (χ0v) is 9.35. The quantitative estimate of drug-likeness (QED) is 0.856. The molecule has 3 rings (SSSR count). The number of carbonyl (C=O) groups excluding carboxylic acids is 1. The Hall–Kier alpha value is -2.31. The van der Waals surface area contributed by atoms with Gasteiger partial charge in [0.25, 0.3) is 5.91 Å².